The molecule has 0 N–H and O–H groups in total. The van der Waals surface area contributed by atoms with Gasteiger partial charge in [0.2, 0.25) is 0 Å². The minimum absolute atomic E-state index is 0.332. The number of carbonyl (C=O) groups excluding carboxylic acids is 1. The van der Waals surface area contributed by atoms with Gasteiger partial charge in [0.05, 0.1) is 6.61 Å². The molecule has 0 bridgehead atoms. The molecular weight excluding hydrogens is 381 g/mol. The fraction of sp³-hybridized carbons (Fsp3) is 0.864. The molecule has 0 unspecified atom stereocenters. The molecule has 0 amide bonds. The van der Waals surface area contributed by atoms with Crippen LogP contribution in [0.25, 0.3) is 0 Å². The van der Waals surface area contributed by atoms with Gasteiger partial charge in [-0.25, -0.2) is 17.1 Å². The van der Waals surface area contributed by atoms with Gasteiger partial charge in [-0.05, 0) is 12.8 Å². The van der Waals surface area contributed by atoms with Crippen molar-refractivity contribution in [2.45, 2.75) is 115 Å². The summed E-state index contributed by atoms with van der Waals surface area (Å²) in [6, 6.07) is -0.486. The number of unbranched alkanes of at least 4 members (excludes halogenated alkanes) is 16. The highest BCUT2D eigenvalue weighted by Gasteiger charge is 2.35. The normalized spacial score (nSPS) is 11.5. The lowest BCUT2D eigenvalue weighted by Crippen LogP contribution is -2.13. The highest BCUT2D eigenvalue weighted by atomic mass is 28.5. The van der Waals surface area contributed by atoms with Crippen LogP contribution in [0.2, 0.25) is 6.04 Å². The van der Waals surface area contributed by atoms with Crippen molar-refractivity contribution >= 4 is 15.0 Å². The van der Waals surface area contributed by atoms with Crippen LogP contribution in [0.3, 0.4) is 0 Å². The Balaban J connectivity index is 3.07. The number of hydrogen-bond donors (Lipinski definition) is 0. The predicted molar refractivity (Wildman–Crippen MR) is 114 cm³/mol. The van der Waals surface area contributed by atoms with E-state index in [1.54, 1.807) is 0 Å². The Bertz CT molecular complexity index is 373. The van der Waals surface area contributed by atoms with Crippen molar-refractivity contribution in [1.29, 1.82) is 0 Å². The fourth-order valence-corrected chi connectivity index (χ4v) is 3.96. The molecule has 0 aromatic carbocycles. The summed E-state index contributed by atoms with van der Waals surface area (Å²) in [4.78, 5) is 10.9. The monoisotopic (exact) mass is 422 g/mol. The highest BCUT2D eigenvalue weighted by Crippen LogP contribution is 2.20. The van der Waals surface area contributed by atoms with E-state index in [0.29, 0.717) is 13.0 Å². The van der Waals surface area contributed by atoms with Crippen LogP contribution in [0, 0.1) is 0 Å². The van der Waals surface area contributed by atoms with E-state index in [1.165, 1.54) is 76.7 Å². The third kappa shape index (κ3) is 23.3. The number of ether oxygens (including phenoxy) is 1. The molecule has 0 heterocycles. The average molecular weight is 423 g/mol. The van der Waals surface area contributed by atoms with Gasteiger partial charge in [0.25, 0.3) is 0 Å². The number of carbonyl (C=O) groups is 1. The Kier molecular flexibility index (Phi) is 19.0. The zero-order valence-electron chi connectivity index (χ0n) is 17.7. The molecule has 0 rings (SSSR count). The van der Waals surface area contributed by atoms with Crippen molar-refractivity contribution in [3.63, 3.8) is 0 Å². The molecule has 28 heavy (non-hydrogen) atoms. The van der Waals surface area contributed by atoms with Gasteiger partial charge in [-0.15, -0.1) is 0 Å². The summed E-state index contributed by atoms with van der Waals surface area (Å²) in [5, 5.41) is 0. The number of esters is 1. The van der Waals surface area contributed by atoms with Crippen LogP contribution < -0.4 is 0 Å². The molecular formula is C22H41F3O2Si. The topological polar surface area (TPSA) is 26.3 Å². The number of halogens is 3. The summed E-state index contributed by atoms with van der Waals surface area (Å²) in [6.45, 7) is 3.87. The Morgan fingerprint density at radius 1 is 0.643 bits per heavy atom. The maximum absolute atomic E-state index is 12.1. The minimum Gasteiger partial charge on any atom is -0.463 e. The smallest absolute Gasteiger partial charge is 0.463 e. The first-order valence-electron chi connectivity index (χ1n) is 11.3. The van der Waals surface area contributed by atoms with Crippen LogP contribution in [-0.4, -0.2) is 21.7 Å². The van der Waals surface area contributed by atoms with Crippen LogP contribution in [0.15, 0.2) is 12.7 Å². The summed E-state index contributed by atoms with van der Waals surface area (Å²) in [5.74, 6) is -0.332. The summed E-state index contributed by atoms with van der Waals surface area (Å²) in [5.41, 5.74) is 0. The van der Waals surface area contributed by atoms with Gasteiger partial charge in [0.15, 0.2) is 0 Å². The maximum Gasteiger partial charge on any atom is 0.616 e. The summed E-state index contributed by atoms with van der Waals surface area (Å²) in [6.07, 6.45) is 20.4. The zero-order valence-corrected chi connectivity index (χ0v) is 18.7. The van der Waals surface area contributed by atoms with Crippen molar-refractivity contribution in [2.24, 2.45) is 0 Å². The van der Waals surface area contributed by atoms with Crippen LogP contribution in [0.4, 0.5) is 12.3 Å². The van der Waals surface area contributed by atoms with Crippen molar-refractivity contribution in [1.82, 2.24) is 0 Å². The summed E-state index contributed by atoms with van der Waals surface area (Å²) in [7, 11) is -5.29. The molecule has 2 nitrogen and oxygen atoms in total. The van der Waals surface area contributed by atoms with E-state index >= 15 is 0 Å². The summed E-state index contributed by atoms with van der Waals surface area (Å²) >= 11 is 0. The predicted octanol–water partition coefficient (Wildman–Crippen LogP) is 8.19. The van der Waals surface area contributed by atoms with Gasteiger partial charge in [-0.3, -0.25) is 0 Å². The van der Waals surface area contributed by atoms with Gasteiger partial charge in [0.1, 0.15) is 0 Å². The molecule has 6 heteroatoms. The highest BCUT2D eigenvalue weighted by molar-refractivity contribution is 6.58. The van der Waals surface area contributed by atoms with E-state index in [-0.39, 0.29) is 5.97 Å². The lowest BCUT2D eigenvalue weighted by atomic mass is 10.0. The van der Waals surface area contributed by atoms with E-state index in [9.17, 15) is 17.1 Å². The lowest BCUT2D eigenvalue weighted by Gasteiger charge is -2.04. The lowest BCUT2D eigenvalue weighted by molar-refractivity contribution is -0.137. The molecule has 0 spiro atoms. The third-order valence-corrected chi connectivity index (χ3v) is 5.94. The van der Waals surface area contributed by atoms with Crippen LogP contribution in [0.5, 0.6) is 0 Å². The molecule has 0 aliphatic heterocycles. The molecule has 0 saturated heterocycles. The maximum atomic E-state index is 12.1. The van der Waals surface area contributed by atoms with Gasteiger partial charge >= 0.3 is 15.0 Å². The average Bonchev–Trinajstić information content (AvgIpc) is 2.65. The van der Waals surface area contributed by atoms with Crippen LogP contribution in [0.1, 0.15) is 109 Å². The van der Waals surface area contributed by atoms with Crippen LogP contribution >= 0.6 is 0 Å². The first-order valence-corrected chi connectivity index (χ1v) is 13.2. The first-order chi connectivity index (χ1) is 13.5. The first kappa shape index (κ1) is 27.2. The Labute approximate surface area is 171 Å². The number of rotatable bonds is 21. The Morgan fingerprint density at radius 3 is 1.29 bits per heavy atom. The Morgan fingerprint density at radius 2 is 0.964 bits per heavy atom. The second-order valence-electron chi connectivity index (χ2n) is 7.75. The minimum atomic E-state index is -5.29. The molecule has 0 aromatic rings. The quantitative estimate of drug-likeness (QED) is 0.0612. The molecule has 0 atom stereocenters. The van der Waals surface area contributed by atoms with E-state index in [2.05, 4.69) is 6.58 Å². The van der Waals surface area contributed by atoms with Crippen molar-refractivity contribution in [3.8, 4) is 0 Å². The van der Waals surface area contributed by atoms with E-state index in [0.717, 1.165) is 32.1 Å². The molecule has 0 aromatic heterocycles. The van der Waals surface area contributed by atoms with Crippen molar-refractivity contribution < 1.29 is 21.9 Å². The van der Waals surface area contributed by atoms with Crippen molar-refractivity contribution in [3.05, 3.63) is 12.7 Å². The molecule has 166 valence electrons. The van der Waals surface area contributed by atoms with E-state index in [4.69, 9.17) is 4.74 Å². The van der Waals surface area contributed by atoms with Gasteiger partial charge in [-0.2, -0.15) is 0 Å². The zero-order chi connectivity index (χ0) is 20.9. The molecule has 0 fully saturated rings. The van der Waals surface area contributed by atoms with Gasteiger partial charge in [0, 0.05) is 12.1 Å². The molecule has 0 aliphatic carbocycles. The van der Waals surface area contributed by atoms with Crippen molar-refractivity contribution in [2.75, 3.05) is 6.61 Å². The SMILES string of the molecule is C=CC(=O)OCCCCCCCCCCCCCCCCCCC[Si](F)(F)F. The molecule has 0 saturated carbocycles. The number of hydrogen-bond acceptors (Lipinski definition) is 2. The largest absolute Gasteiger partial charge is 0.616 e. The van der Waals surface area contributed by atoms with Crippen LogP contribution in [-0.2, 0) is 9.53 Å². The standard InChI is InChI=1S/C22H41F3O2Si/c1-2-22(26)27-20-18-16-14-12-10-8-6-4-3-5-7-9-11-13-15-17-19-21-28(23,24)25/h2H,1,3-21H2. The van der Waals surface area contributed by atoms with Gasteiger partial charge < -0.3 is 4.74 Å². The molecule has 0 aliphatic rings. The second-order valence-corrected chi connectivity index (χ2v) is 9.48. The van der Waals surface area contributed by atoms with E-state index < -0.39 is 15.1 Å². The second kappa shape index (κ2) is 19.5. The third-order valence-electron chi connectivity index (χ3n) is 5.02. The Hall–Kier alpha value is -0.783. The van der Waals surface area contributed by atoms with E-state index in [1.807, 2.05) is 0 Å². The fourth-order valence-electron chi connectivity index (χ4n) is 3.31. The summed E-state index contributed by atoms with van der Waals surface area (Å²) < 4.78 is 41.3. The molecule has 0 radical (unpaired) electrons. The van der Waals surface area contributed by atoms with Gasteiger partial charge in [-0.1, -0.05) is 103 Å².